The van der Waals surface area contributed by atoms with Crippen molar-refractivity contribution in [3.63, 3.8) is 0 Å². The van der Waals surface area contributed by atoms with E-state index < -0.39 is 34.2 Å². The summed E-state index contributed by atoms with van der Waals surface area (Å²) < 4.78 is 92.3. The number of alkyl halides is 5. The number of aromatic nitrogens is 6. The zero-order valence-electron chi connectivity index (χ0n) is 18.7. The summed E-state index contributed by atoms with van der Waals surface area (Å²) in [5.41, 5.74) is -1.44. The number of rotatable bonds is 6. The lowest BCUT2D eigenvalue weighted by molar-refractivity contribution is -0.286. The van der Waals surface area contributed by atoms with Gasteiger partial charge in [0, 0.05) is 19.4 Å². The van der Waals surface area contributed by atoms with E-state index in [1.807, 2.05) is 0 Å². The van der Waals surface area contributed by atoms with Crippen LogP contribution in [0.5, 0.6) is 0 Å². The molecule has 0 N–H and O–H groups in total. The zero-order valence-corrected chi connectivity index (χ0v) is 19.5. The quantitative estimate of drug-likeness (QED) is 0.353. The highest BCUT2D eigenvalue weighted by Crippen LogP contribution is 2.37. The van der Waals surface area contributed by atoms with Crippen molar-refractivity contribution in [1.29, 1.82) is 0 Å². The third kappa shape index (κ3) is 4.34. The lowest BCUT2D eigenvalue weighted by Gasteiger charge is -2.19. The van der Waals surface area contributed by atoms with Gasteiger partial charge in [-0.25, -0.2) is 28.2 Å². The molecule has 15 heteroatoms. The lowest BCUT2D eigenvalue weighted by Crippen LogP contribution is -2.42. The van der Waals surface area contributed by atoms with Gasteiger partial charge in [-0.2, -0.15) is 22.0 Å². The van der Waals surface area contributed by atoms with Gasteiger partial charge in [0.1, 0.15) is 17.9 Å². The van der Waals surface area contributed by atoms with Gasteiger partial charge in [0.25, 0.3) is 0 Å². The van der Waals surface area contributed by atoms with Crippen molar-refractivity contribution in [1.82, 2.24) is 29.1 Å². The van der Waals surface area contributed by atoms with Gasteiger partial charge in [0.05, 0.1) is 33.6 Å². The summed E-state index contributed by atoms with van der Waals surface area (Å²) in [7, 11) is -2.64. The van der Waals surface area contributed by atoms with Gasteiger partial charge in [-0.1, -0.05) is 6.92 Å². The number of halogens is 5. The maximum Gasteiger partial charge on any atom is 0.455 e. The van der Waals surface area contributed by atoms with Gasteiger partial charge < -0.3 is 0 Å². The van der Waals surface area contributed by atoms with Crippen LogP contribution in [0, 0.1) is 0 Å². The molecule has 0 aliphatic carbocycles. The van der Waals surface area contributed by atoms with Crippen molar-refractivity contribution in [2.75, 3.05) is 5.75 Å². The third-order valence-electron chi connectivity index (χ3n) is 5.41. The van der Waals surface area contributed by atoms with E-state index in [2.05, 4.69) is 19.9 Å². The first-order valence-corrected chi connectivity index (χ1v) is 11.9. The Labute approximate surface area is 200 Å². The van der Waals surface area contributed by atoms with Crippen LogP contribution in [-0.4, -0.2) is 55.3 Å². The molecule has 0 bridgehead atoms. The third-order valence-corrected chi connectivity index (χ3v) is 7.17. The molecular weight excluding hydrogens is 511 g/mol. The molecule has 9 nitrogen and oxygen atoms in total. The van der Waals surface area contributed by atoms with Gasteiger partial charge in [0.15, 0.2) is 15.7 Å². The molecule has 190 valence electrons. The number of aryl methyl sites for hydroxylation is 1. The minimum absolute atomic E-state index is 0.0500. The van der Waals surface area contributed by atoms with E-state index in [9.17, 15) is 35.2 Å². The summed E-state index contributed by atoms with van der Waals surface area (Å²) in [4.78, 5) is 28.9. The van der Waals surface area contributed by atoms with Crippen molar-refractivity contribution in [2.24, 2.45) is 7.05 Å². The molecule has 4 aromatic rings. The van der Waals surface area contributed by atoms with Crippen molar-refractivity contribution in [3.8, 4) is 22.9 Å². The molecule has 0 aromatic carbocycles. The first-order valence-electron chi connectivity index (χ1n) is 10.3. The minimum Gasteiger partial charge on any atom is -0.295 e. The van der Waals surface area contributed by atoms with Crippen LogP contribution in [-0.2, 0) is 23.4 Å². The van der Waals surface area contributed by atoms with Gasteiger partial charge >= 0.3 is 17.8 Å². The number of nitrogens with zero attached hydrogens (tertiary/aromatic N) is 6. The van der Waals surface area contributed by atoms with E-state index in [1.54, 1.807) is 6.07 Å². The fourth-order valence-corrected chi connectivity index (χ4v) is 4.50. The van der Waals surface area contributed by atoms with Crippen molar-refractivity contribution in [2.45, 2.75) is 30.5 Å². The molecule has 4 heterocycles. The van der Waals surface area contributed by atoms with Crippen LogP contribution in [0.4, 0.5) is 22.0 Å². The molecule has 4 aromatic heterocycles. The molecule has 0 spiro atoms. The number of hydrogen-bond acceptors (Lipinski definition) is 7. The van der Waals surface area contributed by atoms with Gasteiger partial charge in [-0.3, -0.25) is 14.1 Å². The van der Waals surface area contributed by atoms with Crippen LogP contribution in [0.25, 0.3) is 33.9 Å². The van der Waals surface area contributed by atoms with Gasteiger partial charge in [0.2, 0.25) is 0 Å². The summed E-state index contributed by atoms with van der Waals surface area (Å²) in [6, 6.07) is 5.48. The van der Waals surface area contributed by atoms with Gasteiger partial charge in [-0.05, 0) is 24.3 Å². The summed E-state index contributed by atoms with van der Waals surface area (Å²) in [5.74, 6) is -5.25. The SMILES string of the molecule is CCS(=O)(=O)c1ccc(-c2ncccn2)nc1-c1cc2c(cn1)n(CC(F)(F)C(F)(F)F)c(=O)n2C. The van der Waals surface area contributed by atoms with Crippen LogP contribution in [0.2, 0.25) is 0 Å². The van der Waals surface area contributed by atoms with Crippen molar-refractivity contribution >= 4 is 20.9 Å². The fraction of sp³-hybridized carbons (Fsp3) is 0.286. The topological polar surface area (TPSA) is 113 Å². The molecule has 0 saturated heterocycles. The van der Waals surface area contributed by atoms with Crippen LogP contribution in [0.3, 0.4) is 0 Å². The van der Waals surface area contributed by atoms with Crippen molar-refractivity contribution < 1.29 is 30.4 Å². The Bertz CT molecular complexity index is 1620. The standard InChI is InChI=1S/C21H17F5N6O3S/c1-3-36(34,35)16-6-5-12(18-27-7-4-8-28-18)30-17(16)13-9-14-15(10-29-13)32(19(33)31(14)2)11-20(22,23)21(24,25)26/h4-10H,3,11H2,1-2H3. The van der Waals surface area contributed by atoms with Gasteiger partial charge in [-0.15, -0.1) is 0 Å². The normalized spacial score (nSPS) is 12.9. The van der Waals surface area contributed by atoms with E-state index in [0.29, 0.717) is 0 Å². The molecule has 36 heavy (non-hydrogen) atoms. The molecule has 0 aliphatic rings. The Kier molecular flexibility index (Phi) is 6.14. The predicted molar refractivity (Wildman–Crippen MR) is 118 cm³/mol. The molecule has 0 saturated carbocycles. The second-order valence-electron chi connectivity index (χ2n) is 7.71. The summed E-state index contributed by atoms with van der Waals surface area (Å²) in [5, 5.41) is 0. The summed E-state index contributed by atoms with van der Waals surface area (Å²) in [6.45, 7) is -0.517. The first kappa shape index (κ1) is 25.3. The predicted octanol–water partition coefficient (Wildman–Crippen LogP) is 3.25. The largest absolute Gasteiger partial charge is 0.455 e. The number of fused-ring (bicyclic) bond motifs is 1. The van der Waals surface area contributed by atoms with Crippen LogP contribution >= 0.6 is 0 Å². The maximum atomic E-state index is 13.7. The van der Waals surface area contributed by atoms with Crippen LogP contribution < -0.4 is 5.69 Å². The molecule has 4 rings (SSSR count). The Balaban J connectivity index is 1.93. The lowest BCUT2D eigenvalue weighted by atomic mass is 10.2. The Morgan fingerprint density at radius 1 is 0.972 bits per heavy atom. The monoisotopic (exact) mass is 528 g/mol. The number of hydrogen-bond donors (Lipinski definition) is 0. The average molecular weight is 528 g/mol. The van der Waals surface area contributed by atoms with E-state index in [4.69, 9.17) is 0 Å². The summed E-state index contributed by atoms with van der Waals surface area (Å²) in [6.07, 6.45) is -2.02. The maximum absolute atomic E-state index is 13.7. The molecule has 0 fully saturated rings. The van der Waals surface area contributed by atoms with Crippen LogP contribution in [0.15, 0.2) is 52.5 Å². The Morgan fingerprint density at radius 2 is 1.64 bits per heavy atom. The smallest absolute Gasteiger partial charge is 0.295 e. The van der Waals surface area contributed by atoms with Crippen molar-refractivity contribution in [3.05, 3.63) is 53.3 Å². The summed E-state index contributed by atoms with van der Waals surface area (Å²) >= 11 is 0. The second-order valence-corrected chi connectivity index (χ2v) is 9.95. The van der Waals surface area contributed by atoms with Crippen LogP contribution in [0.1, 0.15) is 6.92 Å². The van der Waals surface area contributed by atoms with E-state index in [1.165, 1.54) is 44.6 Å². The number of pyridine rings is 2. The highest BCUT2D eigenvalue weighted by molar-refractivity contribution is 7.91. The molecule has 0 amide bonds. The molecule has 0 radical (unpaired) electrons. The molecule has 0 atom stereocenters. The second kappa shape index (κ2) is 8.72. The van der Waals surface area contributed by atoms with E-state index in [-0.39, 0.29) is 49.2 Å². The van der Waals surface area contributed by atoms with E-state index >= 15 is 0 Å². The first-order chi connectivity index (χ1) is 16.8. The highest BCUT2D eigenvalue weighted by atomic mass is 32.2. The average Bonchev–Trinajstić information content (AvgIpc) is 3.07. The minimum atomic E-state index is -5.87. The molecular formula is C21H17F5N6O3S. The Morgan fingerprint density at radius 3 is 2.25 bits per heavy atom. The number of imidazole rings is 1. The molecule has 0 unspecified atom stereocenters. The fourth-order valence-electron chi connectivity index (χ4n) is 3.46. The zero-order chi connectivity index (χ0) is 26.5. The molecule has 0 aliphatic heterocycles. The Hall–Kier alpha value is -3.75. The van der Waals surface area contributed by atoms with E-state index in [0.717, 1.165) is 10.8 Å². The number of sulfone groups is 1. The highest BCUT2D eigenvalue weighted by Gasteiger charge is 2.58.